The Labute approximate surface area is 260 Å². The van der Waals surface area contributed by atoms with E-state index in [1.807, 2.05) is 53.4 Å². The van der Waals surface area contributed by atoms with Crippen molar-refractivity contribution in [2.45, 2.75) is 95.8 Å². The minimum Gasteiger partial charge on any atom is -0.488 e. The second-order valence-electron chi connectivity index (χ2n) is 12.3. The van der Waals surface area contributed by atoms with E-state index in [1.165, 1.54) is 6.42 Å². The van der Waals surface area contributed by atoms with E-state index in [2.05, 4.69) is 10.8 Å². The molecule has 1 aliphatic carbocycles. The fourth-order valence-corrected chi connectivity index (χ4v) is 6.35. The summed E-state index contributed by atoms with van der Waals surface area (Å²) in [6.45, 7) is 2.03. The van der Waals surface area contributed by atoms with Gasteiger partial charge in [-0.3, -0.25) is 14.4 Å². The van der Waals surface area contributed by atoms with E-state index in [4.69, 9.17) is 14.3 Å². The van der Waals surface area contributed by atoms with Crippen LogP contribution in [0, 0.1) is 5.92 Å². The van der Waals surface area contributed by atoms with Gasteiger partial charge in [0, 0.05) is 49.9 Å². The summed E-state index contributed by atoms with van der Waals surface area (Å²) < 4.78 is 11.7. The Kier molecular flexibility index (Phi) is 12.1. The molecule has 9 nitrogen and oxygen atoms in total. The number of carbonyl (C=O) groups excluding carboxylic acids is 3. The van der Waals surface area contributed by atoms with Gasteiger partial charge in [-0.25, -0.2) is 10.3 Å². The Balaban J connectivity index is 1.14. The number of unbranched alkanes of at least 4 members (excludes halogenated alkanes) is 2. The van der Waals surface area contributed by atoms with Gasteiger partial charge < -0.3 is 19.7 Å². The van der Waals surface area contributed by atoms with Crippen molar-refractivity contribution >= 4 is 28.5 Å². The van der Waals surface area contributed by atoms with Crippen LogP contribution in [0.25, 0.3) is 10.8 Å². The van der Waals surface area contributed by atoms with Gasteiger partial charge >= 0.3 is 0 Å². The quantitative estimate of drug-likeness (QED) is 0.176. The fraction of sp³-hybridized carbons (Fsp3) is 0.571. The zero-order chi connectivity index (χ0) is 30.6. The molecule has 0 spiro atoms. The van der Waals surface area contributed by atoms with Gasteiger partial charge in [0.2, 0.25) is 11.8 Å². The molecule has 3 aliphatic rings. The van der Waals surface area contributed by atoms with Crippen LogP contribution in [-0.4, -0.2) is 61.3 Å². The van der Waals surface area contributed by atoms with Gasteiger partial charge in [-0.1, -0.05) is 61.7 Å². The first-order chi connectivity index (χ1) is 21.6. The predicted octanol–water partition coefficient (Wildman–Crippen LogP) is 5.58. The number of carbonyl (C=O) groups is 3. The molecule has 2 heterocycles. The van der Waals surface area contributed by atoms with E-state index in [-0.39, 0.29) is 42.6 Å². The van der Waals surface area contributed by atoms with Gasteiger partial charge in [-0.05, 0) is 62.8 Å². The Morgan fingerprint density at radius 2 is 1.75 bits per heavy atom. The first-order valence-electron chi connectivity index (χ1n) is 16.5. The average molecular weight is 606 g/mol. The molecule has 2 aromatic rings. The lowest BCUT2D eigenvalue weighted by Crippen LogP contribution is -2.41. The second-order valence-corrected chi connectivity index (χ2v) is 12.3. The summed E-state index contributed by atoms with van der Waals surface area (Å²) in [5, 5.41) is 5.24. The maximum Gasteiger partial charge on any atom is 0.250 e. The largest absolute Gasteiger partial charge is 0.488 e. The van der Waals surface area contributed by atoms with Gasteiger partial charge in [0.1, 0.15) is 12.4 Å². The lowest BCUT2D eigenvalue weighted by atomic mass is 9.88. The number of nitrogens with zero attached hydrogens (tertiary/aromatic N) is 1. The highest BCUT2D eigenvalue weighted by Crippen LogP contribution is 2.28. The van der Waals surface area contributed by atoms with Crippen LogP contribution in [0.4, 0.5) is 0 Å². The summed E-state index contributed by atoms with van der Waals surface area (Å²) >= 11 is 0. The van der Waals surface area contributed by atoms with Crippen LogP contribution in [0.1, 0.15) is 83.5 Å². The highest BCUT2D eigenvalue weighted by Gasteiger charge is 2.32. The van der Waals surface area contributed by atoms with E-state index in [0.29, 0.717) is 44.5 Å². The van der Waals surface area contributed by atoms with Crippen molar-refractivity contribution in [3.05, 3.63) is 54.1 Å². The predicted molar refractivity (Wildman–Crippen MR) is 169 cm³/mol. The number of rotatable bonds is 13. The first-order valence-corrected chi connectivity index (χ1v) is 16.5. The molecule has 238 valence electrons. The van der Waals surface area contributed by atoms with Gasteiger partial charge in [-0.2, -0.15) is 0 Å². The molecule has 2 atom stereocenters. The zero-order valence-corrected chi connectivity index (χ0v) is 25.8. The van der Waals surface area contributed by atoms with Crippen LogP contribution < -0.4 is 15.5 Å². The topological polar surface area (TPSA) is 106 Å². The smallest absolute Gasteiger partial charge is 0.250 e. The molecule has 2 aromatic carbocycles. The van der Waals surface area contributed by atoms with Crippen LogP contribution in [0.3, 0.4) is 0 Å². The minimum atomic E-state index is -0.365. The Bertz CT molecular complexity index is 1280. The summed E-state index contributed by atoms with van der Waals surface area (Å²) in [5.74, 6) is 0.773. The molecule has 2 unspecified atom stereocenters. The summed E-state index contributed by atoms with van der Waals surface area (Å²) in [7, 11) is 0. The van der Waals surface area contributed by atoms with Crippen molar-refractivity contribution < 1.29 is 28.7 Å². The van der Waals surface area contributed by atoms with Crippen LogP contribution in [-0.2, 0) is 24.0 Å². The summed E-state index contributed by atoms with van der Waals surface area (Å²) in [4.78, 5) is 46.1. The third-order valence-electron chi connectivity index (χ3n) is 8.90. The van der Waals surface area contributed by atoms with Crippen LogP contribution in [0.2, 0.25) is 0 Å². The standard InChI is InChI=1S/C35H47N3O6/c39-32(37-44-33-20-9-10-23-42-33)19-6-2-5-15-28(25-43-31-18-11-16-26-12-7-8-17-30(26)31)34(40)36-29-21-22-38(24-29)35(41)27-13-3-1-4-14-27/h7-8,11-12,15-18,27,29,33H,1-6,9-10,13-14,19-25H2,(H,36,40)(H,37,39)/b28-15+. The number of ether oxygens (including phenoxy) is 2. The zero-order valence-electron chi connectivity index (χ0n) is 25.8. The molecule has 9 heteroatoms. The van der Waals surface area contributed by atoms with Crippen molar-refractivity contribution in [2.24, 2.45) is 5.92 Å². The van der Waals surface area contributed by atoms with Crippen LogP contribution in [0.5, 0.6) is 5.75 Å². The Hall–Kier alpha value is -3.43. The van der Waals surface area contributed by atoms with Crippen molar-refractivity contribution in [1.29, 1.82) is 0 Å². The molecule has 1 saturated carbocycles. The molecule has 0 radical (unpaired) electrons. The maximum absolute atomic E-state index is 13.5. The number of amides is 3. The Morgan fingerprint density at radius 3 is 2.59 bits per heavy atom. The van der Waals surface area contributed by atoms with Gasteiger partial charge in [0.15, 0.2) is 6.29 Å². The first kappa shape index (κ1) is 32.0. The number of hydrogen-bond acceptors (Lipinski definition) is 6. The van der Waals surface area contributed by atoms with Crippen LogP contribution >= 0.6 is 0 Å². The average Bonchev–Trinajstić information content (AvgIpc) is 3.53. The molecular weight excluding hydrogens is 558 g/mol. The number of likely N-dealkylation sites (tertiary alicyclic amines) is 1. The monoisotopic (exact) mass is 605 g/mol. The molecule has 5 rings (SSSR count). The fourth-order valence-electron chi connectivity index (χ4n) is 6.35. The molecule has 44 heavy (non-hydrogen) atoms. The summed E-state index contributed by atoms with van der Waals surface area (Å²) in [5.41, 5.74) is 3.06. The Morgan fingerprint density at radius 1 is 0.932 bits per heavy atom. The summed E-state index contributed by atoms with van der Waals surface area (Å²) in [6, 6.07) is 13.8. The number of allylic oxidation sites excluding steroid dienone is 1. The molecule has 3 fully saturated rings. The van der Waals surface area contributed by atoms with E-state index < -0.39 is 0 Å². The minimum absolute atomic E-state index is 0.0761. The SMILES string of the molecule is O=C(CCCC/C=C(\COc1cccc2ccccc12)C(=O)NC1CCN(C(=O)C2CCCCC2)C1)NOC1CCCCO1. The number of benzene rings is 2. The van der Waals surface area contributed by atoms with Gasteiger partial charge in [0.05, 0.1) is 5.57 Å². The molecule has 2 N–H and O–H groups in total. The van der Waals surface area contributed by atoms with Gasteiger partial charge in [0.25, 0.3) is 5.91 Å². The second kappa shape index (κ2) is 16.6. The van der Waals surface area contributed by atoms with E-state index >= 15 is 0 Å². The molecular formula is C35H47N3O6. The lowest BCUT2D eigenvalue weighted by molar-refractivity contribution is -0.200. The van der Waals surface area contributed by atoms with Gasteiger partial charge in [-0.15, -0.1) is 0 Å². The third-order valence-corrected chi connectivity index (χ3v) is 8.90. The number of hydroxylamine groups is 1. The molecule has 2 saturated heterocycles. The van der Waals surface area contributed by atoms with Crippen molar-refractivity contribution in [3.8, 4) is 5.75 Å². The van der Waals surface area contributed by atoms with Crippen LogP contribution in [0.15, 0.2) is 54.1 Å². The highest BCUT2D eigenvalue weighted by atomic mass is 16.8. The highest BCUT2D eigenvalue weighted by molar-refractivity contribution is 5.94. The van der Waals surface area contributed by atoms with E-state index in [0.717, 1.165) is 74.3 Å². The molecule has 0 bridgehead atoms. The lowest BCUT2D eigenvalue weighted by Gasteiger charge is -2.26. The maximum atomic E-state index is 13.5. The number of hydrogen-bond donors (Lipinski definition) is 2. The number of nitrogens with one attached hydrogen (secondary N) is 2. The third kappa shape index (κ3) is 9.29. The van der Waals surface area contributed by atoms with Crippen molar-refractivity contribution in [3.63, 3.8) is 0 Å². The molecule has 2 aliphatic heterocycles. The van der Waals surface area contributed by atoms with E-state index in [9.17, 15) is 14.4 Å². The van der Waals surface area contributed by atoms with Crippen molar-refractivity contribution in [1.82, 2.24) is 15.7 Å². The number of fused-ring (bicyclic) bond motifs is 1. The van der Waals surface area contributed by atoms with E-state index in [1.54, 1.807) is 0 Å². The summed E-state index contributed by atoms with van der Waals surface area (Å²) in [6.07, 6.45) is 13.0. The van der Waals surface area contributed by atoms with Crippen molar-refractivity contribution in [2.75, 3.05) is 26.3 Å². The molecule has 3 amide bonds. The normalized spacial score (nSPS) is 21.3. The molecule has 0 aromatic heterocycles.